The summed E-state index contributed by atoms with van der Waals surface area (Å²) in [5, 5.41) is 0.886. The number of hydrogen-bond donors (Lipinski definition) is 0. The normalized spacial score (nSPS) is 11.6. The number of ether oxygens (including phenoxy) is 1. The van der Waals surface area contributed by atoms with Crippen molar-refractivity contribution in [1.82, 2.24) is 9.88 Å². The lowest BCUT2D eigenvalue weighted by Crippen LogP contribution is -2.40. The topological polar surface area (TPSA) is 59.5 Å². The maximum absolute atomic E-state index is 12.9. The van der Waals surface area contributed by atoms with E-state index in [9.17, 15) is 22.8 Å². The molecule has 1 heterocycles. The van der Waals surface area contributed by atoms with Crippen molar-refractivity contribution in [3.63, 3.8) is 0 Å². The van der Waals surface area contributed by atoms with Crippen molar-refractivity contribution in [3.05, 3.63) is 84.1 Å². The van der Waals surface area contributed by atoms with Gasteiger partial charge < -0.3 is 9.64 Å². The molecule has 0 aliphatic rings. The van der Waals surface area contributed by atoms with Crippen molar-refractivity contribution in [2.45, 2.75) is 12.7 Å². The molecule has 3 rings (SSSR count). The highest BCUT2D eigenvalue weighted by molar-refractivity contribution is 5.93. The zero-order valence-corrected chi connectivity index (χ0v) is 16.4. The van der Waals surface area contributed by atoms with Crippen LogP contribution in [0.5, 0.6) is 0 Å². The molecule has 3 aromatic rings. The molecule has 5 nitrogen and oxygen atoms in total. The predicted molar refractivity (Wildman–Crippen MR) is 110 cm³/mol. The number of hydrogen-bond acceptors (Lipinski definition) is 4. The van der Waals surface area contributed by atoms with Gasteiger partial charge in [-0.25, -0.2) is 4.79 Å². The molecule has 0 saturated heterocycles. The Balaban J connectivity index is 1.62. The van der Waals surface area contributed by atoms with Gasteiger partial charge in [-0.2, -0.15) is 13.2 Å². The minimum atomic E-state index is -4.57. The highest BCUT2D eigenvalue weighted by atomic mass is 19.4. The second-order valence-corrected chi connectivity index (χ2v) is 6.71. The lowest BCUT2D eigenvalue weighted by molar-refractivity contribution is -0.166. The molecule has 1 aromatic heterocycles. The Morgan fingerprint density at radius 1 is 1.00 bits per heavy atom. The fourth-order valence-electron chi connectivity index (χ4n) is 2.94. The van der Waals surface area contributed by atoms with Crippen molar-refractivity contribution in [1.29, 1.82) is 0 Å². The van der Waals surface area contributed by atoms with Crippen LogP contribution in [0, 0.1) is 0 Å². The Hall–Kier alpha value is -3.68. The van der Waals surface area contributed by atoms with Crippen LogP contribution in [-0.2, 0) is 20.9 Å². The summed E-state index contributed by atoms with van der Waals surface area (Å²) < 4.78 is 43.5. The van der Waals surface area contributed by atoms with Crippen LogP contribution in [-0.4, -0.2) is 41.1 Å². The molecular weight excluding hydrogens is 409 g/mol. The van der Waals surface area contributed by atoms with Gasteiger partial charge in [0, 0.05) is 29.8 Å². The molecular formula is C23H19F3N2O3. The summed E-state index contributed by atoms with van der Waals surface area (Å²) in [7, 11) is 0. The molecule has 31 heavy (non-hydrogen) atoms. The van der Waals surface area contributed by atoms with Crippen LogP contribution in [0.4, 0.5) is 13.2 Å². The van der Waals surface area contributed by atoms with E-state index >= 15 is 0 Å². The van der Waals surface area contributed by atoms with Gasteiger partial charge in [-0.1, -0.05) is 54.6 Å². The second-order valence-electron chi connectivity index (χ2n) is 6.71. The van der Waals surface area contributed by atoms with Crippen LogP contribution < -0.4 is 0 Å². The van der Waals surface area contributed by atoms with Crippen molar-refractivity contribution >= 4 is 28.9 Å². The Kier molecular flexibility index (Phi) is 7.02. The first-order valence-corrected chi connectivity index (χ1v) is 9.39. The molecule has 0 unspecified atom stereocenters. The van der Waals surface area contributed by atoms with Gasteiger partial charge >= 0.3 is 12.1 Å². The van der Waals surface area contributed by atoms with Gasteiger partial charge in [-0.05, 0) is 17.7 Å². The number of pyridine rings is 1. The smallest absolute Gasteiger partial charge is 0.406 e. The quantitative estimate of drug-likeness (QED) is 0.414. The molecule has 0 atom stereocenters. The lowest BCUT2D eigenvalue weighted by atomic mass is 10.1. The van der Waals surface area contributed by atoms with E-state index in [4.69, 9.17) is 4.74 Å². The average Bonchev–Trinajstić information content (AvgIpc) is 2.75. The number of aromatic nitrogens is 1. The van der Waals surface area contributed by atoms with E-state index < -0.39 is 31.2 Å². The summed E-state index contributed by atoms with van der Waals surface area (Å²) in [5.74, 6) is -1.78. The summed E-state index contributed by atoms with van der Waals surface area (Å²) in [6, 6.07) is 17.4. The fourth-order valence-corrected chi connectivity index (χ4v) is 2.94. The van der Waals surface area contributed by atoms with E-state index in [0.29, 0.717) is 21.5 Å². The minimum absolute atomic E-state index is 0.242. The number of nitrogens with zero attached hydrogens (tertiary/aromatic N) is 2. The molecule has 0 bridgehead atoms. The largest absolute Gasteiger partial charge is 0.452 e. The molecule has 0 spiro atoms. The van der Waals surface area contributed by atoms with Crippen molar-refractivity contribution in [2.75, 3.05) is 13.2 Å². The first-order valence-electron chi connectivity index (χ1n) is 9.39. The van der Waals surface area contributed by atoms with E-state index in [-0.39, 0.29) is 6.54 Å². The number of fused-ring (bicyclic) bond motifs is 1. The van der Waals surface area contributed by atoms with E-state index in [0.717, 1.165) is 11.5 Å². The first-order chi connectivity index (χ1) is 14.8. The summed E-state index contributed by atoms with van der Waals surface area (Å²) in [6.45, 7) is -2.47. The number of carbonyl (C=O) groups is 2. The SMILES string of the molecule is O=C(C=Cc1cccc2cccnc12)OCC(=O)N(Cc1ccccc1)CC(F)(F)F. The van der Waals surface area contributed by atoms with Gasteiger partial charge in [0.2, 0.25) is 0 Å². The second kappa shape index (κ2) is 9.88. The molecule has 8 heteroatoms. The van der Waals surface area contributed by atoms with E-state index in [1.807, 2.05) is 12.1 Å². The molecule has 0 N–H and O–H groups in total. The highest BCUT2D eigenvalue weighted by Gasteiger charge is 2.33. The monoisotopic (exact) mass is 428 g/mol. The molecule has 1 amide bonds. The van der Waals surface area contributed by atoms with Crippen LogP contribution in [0.2, 0.25) is 0 Å². The van der Waals surface area contributed by atoms with Crippen LogP contribution >= 0.6 is 0 Å². The lowest BCUT2D eigenvalue weighted by Gasteiger charge is -2.23. The number of amides is 1. The summed E-state index contributed by atoms with van der Waals surface area (Å²) in [5.41, 5.74) is 1.89. The molecule has 0 saturated carbocycles. The highest BCUT2D eigenvalue weighted by Crippen LogP contribution is 2.19. The van der Waals surface area contributed by atoms with E-state index in [1.54, 1.807) is 54.7 Å². The summed E-state index contributed by atoms with van der Waals surface area (Å²) >= 11 is 0. The minimum Gasteiger partial charge on any atom is -0.452 e. The molecule has 0 aliphatic carbocycles. The third-order valence-corrected chi connectivity index (χ3v) is 4.34. The molecule has 0 aliphatic heterocycles. The number of alkyl halides is 3. The number of halogens is 3. The molecule has 0 fully saturated rings. The maximum atomic E-state index is 12.9. The Labute approximate surface area is 176 Å². The van der Waals surface area contributed by atoms with E-state index in [1.165, 1.54) is 6.08 Å². The Morgan fingerprint density at radius 2 is 1.74 bits per heavy atom. The molecule has 0 radical (unpaired) electrons. The van der Waals surface area contributed by atoms with E-state index in [2.05, 4.69) is 4.98 Å². The Morgan fingerprint density at radius 3 is 2.48 bits per heavy atom. The van der Waals surface area contributed by atoms with Gasteiger partial charge in [0.25, 0.3) is 5.91 Å². The number of carbonyl (C=O) groups excluding carboxylic acids is 2. The summed E-state index contributed by atoms with van der Waals surface area (Å²) in [4.78, 5) is 29.2. The Bertz CT molecular complexity index is 1080. The van der Waals surface area contributed by atoms with Crippen LogP contribution in [0.1, 0.15) is 11.1 Å². The predicted octanol–water partition coefficient (Wildman–Crippen LogP) is 4.38. The van der Waals surface area contributed by atoms with Gasteiger partial charge in [0.15, 0.2) is 6.61 Å². The number of benzene rings is 2. The third kappa shape index (κ3) is 6.67. The number of esters is 1. The zero-order chi connectivity index (χ0) is 22.3. The van der Waals surface area contributed by atoms with Crippen molar-refractivity contribution < 1.29 is 27.5 Å². The van der Waals surface area contributed by atoms with Crippen LogP contribution in [0.3, 0.4) is 0 Å². The van der Waals surface area contributed by atoms with Gasteiger partial charge in [-0.15, -0.1) is 0 Å². The first kappa shape index (κ1) is 22.0. The number of rotatable bonds is 7. The van der Waals surface area contributed by atoms with Crippen molar-refractivity contribution in [3.8, 4) is 0 Å². The van der Waals surface area contributed by atoms with Gasteiger partial charge in [0.05, 0.1) is 5.52 Å². The van der Waals surface area contributed by atoms with Gasteiger partial charge in [0.1, 0.15) is 6.54 Å². The summed E-state index contributed by atoms with van der Waals surface area (Å²) in [6.07, 6.45) is -0.351. The molecule has 2 aromatic carbocycles. The maximum Gasteiger partial charge on any atom is 0.406 e. The van der Waals surface area contributed by atoms with Gasteiger partial charge in [-0.3, -0.25) is 9.78 Å². The van der Waals surface area contributed by atoms with Crippen LogP contribution in [0.25, 0.3) is 17.0 Å². The zero-order valence-electron chi connectivity index (χ0n) is 16.4. The number of para-hydroxylation sites is 1. The average molecular weight is 428 g/mol. The molecule has 160 valence electrons. The fraction of sp³-hybridized carbons (Fsp3) is 0.174. The van der Waals surface area contributed by atoms with Crippen LogP contribution in [0.15, 0.2) is 72.9 Å². The third-order valence-electron chi connectivity index (χ3n) is 4.34. The van der Waals surface area contributed by atoms with Crippen molar-refractivity contribution in [2.24, 2.45) is 0 Å². The standard InChI is InChI=1S/C23H19F3N2O3/c24-23(25,26)16-28(14-17-6-2-1-3-7-17)20(29)15-31-21(30)12-11-19-9-4-8-18-10-5-13-27-22(18)19/h1-13H,14-16H2.